The average molecular weight is 696 g/mol. The second kappa shape index (κ2) is 11.6. The lowest BCUT2D eigenvalue weighted by atomic mass is 9.85. The monoisotopic (exact) mass is 695 g/mol. The molecule has 1 aromatic heterocycles. The van der Waals surface area contributed by atoms with E-state index in [1.54, 1.807) is 0 Å². The van der Waals surface area contributed by atoms with Gasteiger partial charge in [-0.15, -0.1) is 0 Å². The van der Waals surface area contributed by atoms with Gasteiger partial charge in [0.1, 0.15) is 0 Å². The summed E-state index contributed by atoms with van der Waals surface area (Å²) in [5.41, 5.74) is 8.53. The Kier molecular flexibility index (Phi) is 6.40. The lowest BCUT2D eigenvalue weighted by Gasteiger charge is -2.18. The summed E-state index contributed by atoms with van der Waals surface area (Å²) in [4.78, 5) is 0. The highest BCUT2D eigenvalue weighted by molar-refractivity contribution is 6.40. The number of hydrogen-bond acceptors (Lipinski definition) is 0. The minimum absolute atomic E-state index is 1.16. The highest BCUT2D eigenvalue weighted by Crippen LogP contribution is 2.47. The molecule has 55 heavy (non-hydrogen) atoms. The molecule has 11 aromatic carbocycles. The first-order chi connectivity index (χ1) is 27.3. The number of hydrogen-bond donors (Lipinski definition) is 0. The van der Waals surface area contributed by atoms with E-state index in [0.29, 0.717) is 0 Å². The van der Waals surface area contributed by atoms with Crippen molar-refractivity contribution in [2.45, 2.75) is 0 Å². The van der Waals surface area contributed by atoms with Gasteiger partial charge < -0.3 is 4.57 Å². The molecule has 0 atom stereocenters. The second-order valence-corrected chi connectivity index (χ2v) is 14.8. The van der Waals surface area contributed by atoms with Crippen molar-refractivity contribution < 1.29 is 0 Å². The summed E-state index contributed by atoms with van der Waals surface area (Å²) in [5.74, 6) is 0. The van der Waals surface area contributed by atoms with E-state index >= 15 is 0 Å². The molecular weight excluding hydrogens is 663 g/mol. The summed E-state index contributed by atoms with van der Waals surface area (Å²) in [6.07, 6.45) is 0. The van der Waals surface area contributed by atoms with Gasteiger partial charge in [-0.1, -0.05) is 170 Å². The van der Waals surface area contributed by atoms with Crippen LogP contribution >= 0.6 is 0 Å². The third-order valence-corrected chi connectivity index (χ3v) is 11.9. The first kappa shape index (κ1) is 30.3. The van der Waals surface area contributed by atoms with Crippen LogP contribution in [0.4, 0.5) is 0 Å². The molecule has 0 fully saturated rings. The Balaban J connectivity index is 1.24. The number of rotatable bonds is 3. The van der Waals surface area contributed by atoms with E-state index in [1.807, 2.05) is 0 Å². The molecule has 0 aliphatic carbocycles. The molecule has 0 saturated heterocycles. The van der Waals surface area contributed by atoms with Crippen molar-refractivity contribution in [3.8, 4) is 27.9 Å². The SMILES string of the molecule is c1ccc(-n2c3ccccc3c3cccc(-c4ccc5c6cc(-c7cccc8ccccc78)ccc6c6c7ccccc7c7ccccc7c6c5c4)c32)cc1. The Bertz CT molecular complexity index is 3530. The molecule has 254 valence electrons. The predicted octanol–water partition coefficient (Wildman–Crippen LogP) is 15.0. The van der Waals surface area contributed by atoms with Crippen molar-refractivity contribution in [1.82, 2.24) is 4.57 Å². The Morgan fingerprint density at radius 1 is 0.273 bits per heavy atom. The number of benzene rings is 11. The molecule has 1 nitrogen and oxygen atoms in total. The van der Waals surface area contributed by atoms with E-state index in [4.69, 9.17) is 0 Å². The topological polar surface area (TPSA) is 4.93 Å². The molecule has 12 rings (SSSR count). The van der Waals surface area contributed by atoms with E-state index in [2.05, 4.69) is 205 Å². The van der Waals surface area contributed by atoms with Gasteiger partial charge in [-0.2, -0.15) is 0 Å². The van der Waals surface area contributed by atoms with Crippen LogP contribution in [0.2, 0.25) is 0 Å². The van der Waals surface area contributed by atoms with Crippen LogP contribution in [0.15, 0.2) is 200 Å². The van der Waals surface area contributed by atoms with Crippen LogP contribution in [-0.2, 0) is 0 Å². The van der Waals surface area contributed by atoms with Crippen LogP contribution in [0.1, 0.15) is 0 Å². The normalized spacial score (nSPS) is 12.0. The van der Waals surface area contributed by atoms with Gasteiger partial charge in [-0.25, -0.2) is 0 Å². The summed E-state index contributed by atoms with van der Waals surface area (Å²) in [6, 6.07) is 74.1. The maximum atomic E-state index is 2.48. The Hall–Kier alpha value is -7.22. The first-order valence-electron chi connectivity index (χ1n) is 19.1. The maximum Gasteiger partial charge on any atom is 0.0619 e. The number of nitrogens with zero attached hydrogens (tertiary/aromatic N) is 1. The lowest BCUT2D eigenvalue weighted by Crippen LogP contribution is -1.95. The van der Waals surface area contributed by atoms with Crippen LogP contribution in [0.3, 0.4) is 0 Å². The van der Waals surface area contributed by atoms with Crippen LogP contribution in [0.5, 0.6) is 0 Å². The summed E-state index contributed by atoms with van der Waals surface area (Å²) >= 11 is 0. The van der Waals surface area contributed by atoms with Gasteiger partial charge in [0, 0.05) is 22.0 Å². The molecule has 1 heterocycles. The Morgan fingerprint density at radius 2 is 0.764 bits per heavy atom. The zero-order valence-electron chi connectivity index (χ0n) is 30.0. The van der Waals surface area contributed by atoms with Gasteiger partial charge in [0.15, 0.2) is 0 Å². The Labute approximate surface area is 317 Å². The fraction of sp³-hybridized carbons (Fsp3) is 0. The van der Waals surface area contributed by atoms with Crippen molar-refractivity contribution in [1.29, 1.82) is 0 Å². The van der Waals surface area contributed by atoms with Crippen molar-refractivity contribution in [3.63, 3.8) is 0 Å². The Morgan fingerprint density at radius 3 is 1.55 bits per heavy atom. The highest BCUT2D eigenvalue weighted by Gasteiger charge is 2.20. The fourth-order valence-electron chi connectivity index (χ4n) is 9.58. The minimum atomic E-state index is 1.16. The summed E-state index contributed by atoms with van der Waals surface area (Å²) in [5, 5.41) is 17.9. The van der Waals surface area contributed by atoms with Crippen LogP contribution in [0.25, 0.3) is 114 Å². The molecule has 0 radical (unpaired) electrons. The standard InChI is InChI=1S/C54H33N/c1-2-16-37(17-3-1)55-51-27-11-10-21-44(51)48-26-13-25-40(54(48)55)36-28-30-43-49-32-35(39-24-12-15-34-14-4-5-18-38(34)39)29-31-47(49)52-45-22-8-6-19-41(45)42-20-7-9-23-46(42)53(52)50(43)33-36/h1-33H. The largest absolute Gasteiger partial charge is 0.309 e. The van der Waals surface area contributed by atoms with Gasteiger partial charge in [0.2, 0.25) is 0 Å². The third kappa shape index (κ3) is 4.35. The molecule has 0 saturated carbocycles. The predicted molar refractivity (Wildman–Crippen MR) is 237 cm³/mol. The second-order valence-electron chi connectivity index (χ2n) is 14.8. The summed E-state index contributed by atoms with van der Waals surface area (Å²) in [6.45, 7) is 0. The van der Waals surface area contributed by atoms with Gasteiger partial charge >= 0.3 is 0 Å². The maximum absolute atomic E-state index is 2.48. The third-order valence-electron chi connectivity index (χ3n) is 11.9. The number of para-hydroxylation sites is 3. The lowest BCUT2D eigenvalue weighted by molar-refractivity contribution is 1.18. The van der Waals surface area contributed by atoms with Crippen molar-refractivity contribution in [3.05, 3.63) is 200 Å². The van der Waals surface area contributed by atoms with E-state index in [9.17, 15) is 0 Å². The fourth-order valence-corrected chi connectivity index (χ4v) is 9.58. The zero-order chi connectivity index (χ0) is 36.0. The molecule has 0 bridgehead atoms. The summed E-state index contributed by atoms with van der Waals surface area (Å²) < 4.78 is 2.45. The average Bonchev–Trinajstić information content (AvgIpc) is 3.60. The molecule has 0 aliphatic rings. The molecule has 1 heteroatoms. The summed E-state index contributed by atoms with van der Waals surface area (Å²) in [7, 11) is 0. The number of fused-ring (bicyclic) bond motifs is 15. The van der Waals surface area contributed by atoms with Gasteiger partial charge in [-0.3, -0.25) is 0 Å². The van der Waals surface area contributed by atoms with Crippen molar-refractivity contribution >= 4 is 86.4 Å². The van der Waals surface area contributed by atoms with Gasteiger partial charge in [0.25, 0.3) is 0 Å². The molecule has 12 aromatic rings. The molecule has 0 aliphatic heterocycles. The molecular formula is C54H33N. The first-order valence-corrected chi connectivity index (χ1v) is 19.1. The highest BCUT2D eigenvalue weighted by atomic mass is 15.0. The van der Waals surface area contributed by atoms with Crippen LogP contribution in [-0.4, -0.2) is 4.57 Å². The van der Waals surface area contributed by atoms with E-state index in [1.165, 1.54) is 109 Å². The van der Waals surface area contributed by atoms with Gasteiger partial charge in [0.05, 0.1) is 11.0 Å². The molecule has 0 spiro atoms. The van der Waals surface area contributed by atoms with E-state index in [-0.39, 0.29) is 0 Å². The van der Waals surface area contributed by atoms with Gasteiger partial charge in [-0.05, 0) is 112 Å². The van der Waals surface area contributed by atoms with Crippen molar-refractivity contribution in [2.24, 2.45) is 0 Å². The van der Waals surface area contributed by atoms with E-state index < -0.39 is 0 Å². The van der Waals surface area contributed by atoms with Crippen LogP contribution < -0.4 is 0 Å². The minimum Gasteiger partial charge on any atom is -0.309 e. The molecule has 0 unspecified atom stereocenters. The molecule has 0 N–H and O–H groups in total. The van der Waals surface area contributed by atoms with E-state index in [0.717, 1.165) is 5.69 Å². The quantitative estimate of drug-likeness (QED) is 0.162. The smallest absolute Gasteiger partial charge is 0.0619 e. The zero-order valence-corrected chi connectivity index (χ0v) is 30.0. The number of aromatic nitrogens is 1. The van der Waals surface area contributed by atoms with Crippen molar-refractivity contribution in [2.75, 3.05) is 0 Å². The van der Waals surface area contributed by atoms with Crippen LogP contribution in [0, 0.1) is 0 Å². The molecule has 0 amide bonds.